The lowest BCUT2D eigenvalue weighted by Gasteiger charge is -2.17. The van der Waals surface area contributed by atoms with Crippen molar-refractivity contribution in [2.45, 2.75) is 39.0 Å². The Morgan fingerprint density at radius 1 is 1.50 bits per heavy atom. The van der Waals surface area contributed by atoms with Gasteiger partial charge in [0.2, 0.25) is 0 Å². The third-order valence-corrected chi connectivity index (χ3v) is 3.67. The zero-order chi connectivity index (χ0) is 12.1. The van der Waals surface area contributed by atoms with Gasteiger partial charge in [0.1, 0.15) is 0 Å². The summed E-state index contributed by atoms with van der Waals surface area (Å²) in [5, 5.41) is 8.92. The first-order valence-corrected chi connectivity index (χ1v) is 6.32. The molecule has 0 aliphatic carbocycles. The van der Waals surface area contributed by atoms with Crippen LogP contribution < -0.4 is 0 Å². The van der Waals surface area contributed by atoms with E-state index < -0.39 is 5.97 Å². The van der Waals surface area contributed by atoms with Gasteiger partial charge in [-0.05, 0) is 36.5 Å². The molecular formula is C13H17BrO2. The van der Waals surface area contributed by atoms with Crippen molar-refractivity contribution in [3.8, 4) is 0 Å². The molecule has 1 N–H and O–H groups in total. The van der Waals surface area contributed by atoms with Gasteiger partial charge in [-0.15, -0.1) is 0 Å². The monoisotopic (exact) mass is 284 g/mol. The van der Waals surface area contributed by atoms with Crippen LogP contribution in [-0.2, 0) is 4.79 Å². The van der Waals surface area contributed by atoms with Gasteiger partial charge in [0.15, 0.2) is 0 Å². The van der Waals surface area contributed by atoms with Crippen molar-refractivity contribution in [1.29, 1.82) is 0 Å². The van der Waals surface area contributed by atoms with E-state index in [-0.39, 0.29) is 12.3 Å². The summed E-state index contributed by atoms with van der Waals surface area (Å²) >= 11 is 3.48. The zero-order valence-electron chi connectivity index (χ0n) is 9.66. The van der Waals surface area contributed by atoms with Gasteiger partial charge in [-0.3, -0.25) is 4.79 Å². The molecule has 0 fully saturated rings. The highest BCUT2D eigenvalue weighted by atomic mass is 79.9. The summed E-state index contributed by atoms with van der Waals surface area (Å²) in [6, 6.07) is 5.99. The molecule has 0 aliphatic heterocycles. The largest absolute Gasteiger partial charge is 0.481 e. The average molecular weight is 285 g/mol. The van der Waals surface area contributed by atoms with Gasteiger partial charge in [-0.1, -0.05) is 41.4 Å². The average Bonchev–Trinajstić information content (AvgIpc) is 2.21. The smallest absolute Gasteiger partial charge is 0.303 e. The van der Waals surface area contributed by atoms with Gasteiger partial charge in [0, 0.05) is 4.47 Å². The molecule has 1 aromatic rings. The van der Waals surface area contributed by atoms with Crippen LogP contribution in [0.3, 0.4) is 0 Å². The molecule has 0 heterocycles. The number of carboxylic acid groups (broad SMARTS) is 1. The third-order valence-electron chi connectivity index (χ3n) is 2.81. The van der Waals surface area contributed by atoms with Crippen molar-refractivity contribution in [3.63, 3.8) is 0 Å². The molecule has 88 valence electrons. The summed E-state index contributed by atoms with van der Waals surface area (Å²) in [4.78, 5) is 10.8. The maximum atomic E-state index is 10.8. The number of rotatable bonds is 5. The highest BCUT2D eigenvalue weighted by molar-refractivity contribution is 9.10. The second kappa shape index (κ2) is 6.04. The number of benzene rings is 1. The summed E-state index contributed by atoms with van der Waals surface area (Å²) in [5.74, 6) is -0.599. The topological polar surface area (TPSA) is 37.3 Å². The lowest BCUT2D eigenvalue weighted by molar-refractivity contribution is -0.137. The lowest BCUT2D eigenvalue weighted by atomic mass is 9.88. The van der Waals surface area contributed by atoms with Crippen LogP contribution in [0.1, 0.15) is 43.2 Å². The Kier molecular flexibility index (Phi) is 5.00. The standard InChI is InChI=1S/C13H17BrO2/c1-3-5-10(8-13(15)16)11-6-4-7-12(14)9(11)2/h4,6-7,10H,3,5,8H2,1-2H3,(H,15,16). The molecule has 0 aliphatic rings. The fraction of sp³-hybridized carbons (Fsp3) is 0.462. The summed E-state index contributed by atoms with van der Waals surface area (Å²) < 4.78 is 1.05. The minimum Gasteiger partial charge on any atom is -0.481 e. The fourth-order valence-corrected chi connectivity index (χ4v) is 2.37. The number of carbonyl (C=O) groups is 1. The first-order valence-electron chi connectivity index (χ1n) is 5.53. The predicted molar refractivity (Wildman–Crippen MR) is 68.8 cm³/mol. The summed E-state index contributed by atoms with van der Waals surface area (Å²) in [5.41, 5.74) is 2.31. The molecule has 0 spiro atoms. The van der Waals surface area contributed by atoms with Gasteiger partial charge in [-0.2, -0.15) is 0 Å². The van der Waals surface area contributed by atoms with E-state index in [4.69, 9.17) is 5.11 Å². The molecule has 1 aromatic carbocycles. The van der Waals surface area contributed by atoms with E-state index in [9.17, 15) is 4.79 Å². The molecule has 0 bridgehead atoms. The van der Waals surface area contributed by atoms with Crippen LogP contribution >= 0.6 is 15.9 Å². The summed E-state index contributed by atoms with van der Waals surface area (Å²) in [7, 11) is 0. The van der Waals surface area contributed by atoms with Crippen LogP contribution in [0.15, 0.2) is 22.7 Å². The van der Waals surface area contributed by atoms with Crippen LogP contribution in [0.4, 0.5) is 0 Å². The van der Waals surface area contributed by atoms with Crippen LogP contribution in [0.5, 0.6) is 0 Å². The fourth-order valence-electron chi connectivity index (χ4n) is 1.99. The maximum absolute atomic E-state index is 10.8. The van der Waals surface area contributed by atoms with Gasteiger partial charge >= 0.3 is 5.97 Å². The second-order valence-corrected chi connectivity index (χ2v) is 4.89. The molecule has 0 saturated heterocycles. The van der Waals surface area contributed by atoms with Crippen molar-refractivity contribution in [2.75, 3.05) is 0 Å². The van der Waals surface area contributed by atoms with Gasteiger partial charge in [0.05, 0.1) is 6.42 Å². The van der Waals surface area contributed by atoms with Crippen molar-refractivity contribution in [1.82, 2.24) is 0 Å². The first-order chi connectivity index (χ1) is 7.56. The molecule has 2 nitrogen and oxygen atoms in total. The number of hydrogen-bond acceptors (Lipinski definition) is 1. The molecule has 1 unspecified atom stereocenters. The van der Waals surface area contributed by atoms with E-state index in [2.05, 4.69) is 22.9 Å². The SMILES string of the molecule is CCCC(CC(=O)O)c1cccc(Br)c1C. The Labute approximate surface area is 105 Å². The lowest BCUT2D eigenvalue weighted by Crippen LogP contribution is -2.08. The predicted octanol–water partition coefficient (Wildman–Crippen LogP) is 4.12. The van der Waals surface area contributed by atoms with Crippen LogP contribution in [0, 0.1) is 6.92 Å². The van der Waals surface area contributed by atoms with Crippen molar-refractivity contribution >= 4 is 21.9 Å². The van der Waals surface area contributed by atoms with Crippen molar-refractivity contribution in [3.05, 3.63) is 33.8 Å². The maximum Gasteiger partial charge on any atom is 0.303 e. The Morgan fingerprint density at radius 2 is 2.19 bits per heavy atom. The van der Waals surface area contributed by atoms with Crippen LogP contribution in [0.25, 0.3) is 0 Å². The molecule has 1 atom stereocenters. The Hall–Kier alpha value is -0.830. The Bertz CT molecular complexity index is 374. The molecule has 3 heteroatoms. The molecular weight excluding hydrogens is 268 g/mol. The summed E-state index contributed by atoms with van der Waals surface area (Å²) in [6.45, 7) is 4.12. The van der Waals surface area contributed by atoms with Crippen LogP contribution in [0.2, 0.25) is 0 Å². The Morgan fingerprint density at radius 3 is 2.75 bits per heavy atom. The number of halogens is 1. The van der Waals surface area contributed by atoms with Crippen LogP contribution in [-0.4, -0.2) is 11.1 Å². The second-order valence-electron chi connectivity index (χ2n) is 4.04. The minimum absolute atomic E-state index is 0.125. The van der Waals surface area contributed by atoms with E-state index in [0.29, 0.717) is 0 Å². The first kappa shape index (κ1) is 13.2. The molecule has 0 aromatic heterocycles. The van der Waals surface area contributed by atoms with E-state index in [1.807, 2.05) is 25.1 Å². The van der Waals surface area contributed by atoms with Crippen molar-refractivity contribution < 1.29 is 9.90 Å². The van der Waals surface area contributed by atoms with Gasteiger partial charge < -0.3 is 5.11 Å². The molecule has 1 rings (SSSR count). The molecule has 0 amide bonds. The van der Waals surface area contributed by atoms with E-state index in [1.54, 1.807) is 0 Å². The highest BCUT2D eigenvalue weighted by Crippen LogP contribution is 2.31. The van der Waals surface area contributed by atoms with Gasteiger partial charge in [0.25, 0.3) is 0 Å². The van der Waals surface area contributed by atoms with Crippen molar-refractivity contribution in [2.24, 2.45) is 0 Å². The molecule has 0 radical (unpaired) electrons. The number of carboxylic acids is 1. The van der Waals surface area contributed by atoms with E-state index >= 15 is 0 Å². The number of hydrogen-bond donors (Lipinski definition) is 1. The quantitative estimate of drug-likeness (QED) is 0.883. The van der Waals surface area contributed by atoms with E-state index in [1.165, 1.54) is 0 Å². The van der Waals surface area contributed by atoms with Gasteiger partial charge in [-0.25, -0.2) is 0 Å². The zero-order valence-corrected chi connectivity index (χ0v) is 11.3. The molecule has 0 saturated carbocycles. The number of aliphatic carboxylic acids is 1. The Balaban J connectivity index is 3.00. The third kappa shape index (κ3) is 3.34. The normalized spacial score (nSPS) is 12.4. The molecule has 16 heavy (non-hydrogen) atoms. The highest BCUT2D eigenvalue weighted by Gasteiger charge is 2.17. The van der Waals surface area contributed by atoms with E-state index in [0.717, 1.165) is 28.4 Å². The summed E-state index contributed by atoms with van der Waals surface area (Å²) in [6.07, 6.45) is 2.14. The minimum atomic E-state index is -0.724.